The molecule has 1 aromatic carbocycles. The molecule has 19 heavy (non-hydrogen) atoms. The lowest BCUT2D eigenvalue weighted by Crippen LogP contribution is -1.84. The van der Waals surface area contributed by atoms with E-state index >= 15 is 0 Å². The van der Waals surface area contributed by atoms with E-state index in [4.69, 9.17) is 16.0 Å². The Bertz CT molecular complexity index is 720. The van der Waals surface area contributed by atoms with Crippen molar-refractivity contribution in [3.05, 3.63) is 38.9 Å². The van der Waals surface area contributed by atoms with E-state index in [0.29, 0.717) is 16.8 Å². The van der Waals surface area contributed by atoms with Crippen molar-refractivity contribution in [1.82, 2.24) is 15.2 Å². The summed E-state index contributed by atoms with van der Waals surface area (Å²) in [6.07, 6.45) is 1.69. The first-order valence-corrected chi connectivity index (χ1v) is 7.34. The predicted octanol–water partition coefficient (Wildman–Crippen LogP) is 4.58. The monoisotopic (exact) mass is 355 g/mol. The van der Waals surface area contributed by atoms with E-state index in [1.165, 1.54) is 11.3 Å². The maximum atomic E-state index is 6.18. The number of benzene rings is 1. The Balaban J connectivity index is 2.06. The molecule has 0 unspecified atom stereocenters. The molecule has 2 heterocycles. The van der Waals surface area contributed by atoms with Gasteiger partial charge in [-0.1, -0.05) is 23.7 Å². The molecule has 0 saturated heterocycles. The van der Waals surface area contributed by atoms with Crippen LogP contribution in [-0.2, 0) is 0 Å². The second kappa shape index (κ2) is 5.03. The summed E-state index contributed by atoms with van der Waals surface area (Å²) in [7, 11) is 0. The topological polar surface area (TPSA) is 51.8 Å². The third kappa shape index (κ3) is 2.43. The highest BCUT2D eigenvalue weighted by Crippen LogP contribution is 2.33. The minimum Gasteiger partial charge on any atom is -0.415 e. The normalized spacial score (nSPS) is 10.9. The maximum absolute atomic E-state index is 6.18. The third-order valence-electron chi connectivity index (χ3n) is 2.55. The number of aryl methyl sites for hydroxylation is 1. The van der Waals surface area contributed by atoms with Crippen LogP contribution in [0, 0.1) is 6.92 Å². The van der Waals surface area contributed by atoms with Crippen molar-refractivity contribution in [2.45, 2.75) is 6.92 Å². The summed E-state index contributed by atoms with van der Waals surface area (Å²) in [5.41, 5.74) is 1.76. The summed E-state index contributed by atoms with van der Waals surface area (Å²) in [4.78, 5) is 4.91. The largest absolute Gasteiger partial charge is 0.415 e. The number of aromatic nitrogens is 3. The van der Waals surface area contributed by atoms with Crippen molar-refractivity contribution < 1.29 is 4.42 Å². The Morgan fingerprint density at radius 3 is 2.74 bits per heavy atom. The van der Waals surface area contributed by atoms with Crippen molar-refractivity contribution in [2.24, 2.45) is 0 Å². The predicted molar refractivity (Wildman–Crippen MR) is 78.3 cm³/mol. The molecule has 0 aliphatic heterocycles. The van der Waals surface area contributed by atoms with Crippen molar-refractivity contribution >= 4 is 38.9 Å². The Morgan fingerprint density at radius 1 is 1.26 bits per heavy atom. The standard InChI is InChI=1S/C12H7BrClN3OS/c1-6-3-2-4-7(14)9(6)11-17-16-10(18-11)8-5-15-12(13)19-8/h2-5H,1H3. The highest BCUT2D eigenvalue weighted by atomic mass is 79.9. The van der Waals surface area contributed by atoms with Crippen molar-refractivity contribution in [3.63, 3.8) is 0 Å². The third-order valence-corrected chi connectivity index (χ3v) is 4.33. The molecule has 3 aromatic rings. The van der Waals surface area contributed by atoms with Crippen LogP contribution in [0.2, 0.25) is 5.02 Å². The van der Waals surface area contributed by atoms with E-state index in [1.807, 2.05) is 19.1 Å². The van der Waals surface area contributed by atoms with Gasteiger partial charge in [0, 0.05) is 0 Å². The quantitative estimate of drug-likeness (QED) is 0.674. The van der Waals surface area contributed by atoms with Crippen molar-refractivity contribution in [3.8, 4) is 22.2 Å². The first-order chi connectivity index (χ1) is 9.15. The molecule has 0 bridgehead atoms. The molecule has 0 atom stereocenters. The summed E-state index contributed by atoms with van der Waals surface area (Å²) < 4.78 is 6.45. The molecule has 0 aliphatic rings. The van der Waals surface area contributed by atoms with Crippen molar-refractivity contribution in [2.75, 3.05) is 0 Å². The number of hydrogen-bond donors (Lipinski definition) is 0. The van der Waals surface area contributed by atoms with Gasteiger partial charge < -0.3 is 4.42 Å². The number of hydrogen-bond acceptors (Lipinski definition) is 5. The average Bonchev–Trinajstić information content (AvgIpc) is 2.98. The number of rotatable bonds is 2. The zero-order valence-electron chi connectivity index (χ0n) is 9.72. The highest BCUT2D eigenvalue weighted by Gasteiger charge is 2.16. The Labute approximate surface area is 126 Å². The number of halogens is 2. The zero-order valence-corrected chi connectivity index (χ0v) is 12.9. The van der Waals surface area contributed by atoms with Gasteiger partial charge in [0.1, 0.15) is 4.88 Å². The van der Waals surface area contributed by atoms with Crippen LogP contribution in [-0.4, -0.2) is 15.2 Å². The fraction of sp³-hybridized carbons (Fsp3) is 0.0833. The van der Waals surface area contributed by atoms with Crippen LogP contribution in [0.3, 0.4) is 0 Å². The highest BCUT2D eigenvalue weighted by molar-refractivity contribution is 9.11. The van der Waals surface area contributed by atoms with Crippen molar-refractivity contribution in [1.29, 1.82) is 0 Å². The van der Waals surface area contributed by atoms with Gasteiger partial charge >= 0.3 is 0 Å². The average molecular weight is 357 g/mol. The summed E-state index contributed by atoms with van der Waals surface area (Å²) in [5, 5.41) is 8.69. The van der Waals surface area contributed by atoms with Gasteiger partial charge in [0.05, 0.1) is 16.8 Å². The van der Waals surface area contributed by atoms with Gasteiger partial charge in [-0.05, 0) is 34.5 Å². The van der Waals surface area contributed by atoms with Crippen LogP contribution in [0.5, 0.6) is 0 Å². The molecule has 0 aliphatic carbocycles. The Hall–Kier alpha value is -1.24. The molecule has 0 spiro atoms. The lowest BCUT2D eigenvalue weighted by atomic mass is 10.1. The lowest BCUT2D eigenvalue weighted by molar-refractivity contribution is 0.585. The summed E-state index contributed by atoms with van der Waals surface area (Å²) >= 11 is 10.9. The van der Waals surface area contributed by atoms with Gasteiger partial charge in [-0.15, -0.1) is 21.5 Å². The van der Waals surface area contributed by atoms with Crippen LogP contribution in [0.1, 0.15) is 5.56 Å². The smallest absolute Gasteiger partial charge is 0.259 e. The summed E-state index contributed by atoms with van der Waals surface area (Å²) in [6, 6.07) is 5.64. The van der Waals surface area contributed by atoms with E-state index in [9.17, 15) is 0 Å². The first kappa shape index (κ1) is 12.8. The molecule has 3 rings (SSSR count). The zero-order chi connectivity index (χ0) is 13.4. The summed E-state index contributed by atoms with van der Waals surface area (Å²) in [5.74, 6) is 0.861. The minimum absolute atomic E-state index is 0.419. The van der Waals surface area contributed by atoms with E-state index in [-0.39, 0.29) is 0 Å². The SMILES string of the molecule is Cc1cccc(Cl)c1-c1nnc(-c2cnc(Br)s2)o1. The van der Waals surface area contributed by atoms with Gasteiger partial charge in [-0.2, -0.15) is 0 Å². The van der Waals surface area contributed by atoms with Crippen LogP contribution >= 0.6 is 38.9 Å². The second-order valence-electron chi connectivity index (χ2n) is 3.82. The van der Waals surface area contributed by atoms with E-state index in [0.717, 1.165) is 19.9 Å². The molecule has 0 fully saturated rings. The van der Waals surface area contributed by atoms with Crippen LogP contribution in [0.25, 0.3) is 22.2 Å². The van der Waals surface area contributed by atoms with E-state index in [2.05, 4.69) is 31.1 Å². The number of nitrogens with zero attached hydrogens (tertiary/aromatic N) is 3. The number of thiazole rings is 1. The van der Waals surface area contributed by atoms with Gasteiger partial charge in [0.15, 0.2) is 3.92 Å². The van der Waals surface area contributed by atoms with E-state index < -0.39 is 0 Å². The van der Waals surface area contributed by atoms with Crippen LogP contribution < -0.4 is 0 Å². The van der Waals surface area contributed by atoms with Crippen LogP contribution in [0.15, 0.2) is 32.7 Å². The van der Waals surface area contributed by atoms with Gasteiger partial charge in [0.25, 0.3) is 5.89 Å². The van der Waals surface area contributed by atoms with Gasteiger partial charge in [0.2, 0.25) is 5.89 Å². The molecule has 2 aromatic heterocycles. The van der Waals surface area contributed by atoms with Crippen LogP contribution in [0.4, 0.5) is 0 Å². The fourth-order valence-corrected chi connectivity index (χ4v) is 3.17. The molecule has 7 heteroatoms. The lowest BCUT2D eigenvalue weighted by Gasteiger charge is -2.02. The first-order valence-electron chi connectivity index (χ1n) is 5.36. The van der Waals surface area contributed by atoms with Gasteiger partial charge in [-0.25, -0.2) is 4.98 Å². The fourth-order valence-electron chi connectivity index (χ4n) is 1.68. The molecule has 0 radical (unpaired) electrons. The van der Waals surface area contributed by atoms with E-state index in [1.54, 1.807) is 12.3 Å². The minimum atomic E-state index is 0.419. The molecule has 96 valence electrons. The van der Waals surface area contributed by atoms with Gasteiger partial charge in [-0.3, -0.25) is 0 Å². The Kier molecular flexibility index (Phi) is 3.38. The molecular formula is C12H7BrClN3OS. The summed E-state index contributed by atoms with van der Waals surface area (Å²) in [6.45, 7) is 1.95. The molecular weight excluding hydrogens is 350 g/mol. The maximum Gasteiger partial charge on any atom is 0.259 e. The molecule has 4 nitrogen and oxygen atoms in total. The molecule has 0 saturated carbocycles. The molecule has 0 N–H and O–H groups in total. The molecule has 0 amide bonds. The second-order valence-corrected chi connectivity index (χ2v) is 6.54. The Morgan fingerprint density at radius 2 is 2.05 bits per heavy atom.